The second-order valence-electron chi connectivity index (χ2n) is 4.87. The first-order valence-corrected chi connectivity index (χ1v) is 8.31. The third kappa shape index (κ3) is 3.94. The van der Waals surface area contributed by atoms with Crippen molar-refractivity contribution in [1.29, 1.82) is 0 Å². The topological polar surface area (TPSA) is 9.23 Å². The molecule has 0 fully saturated rings. The van der Waals surface area contributed by atoms with Gasteiger partial charge in [-0.3, -0.25) is 0 Å². The maximum atomic E-state index is 6.54. The minimum atomic E-state index is -0.126. The molecule has 1 atom stereocenters. The molecule has 0 N–H and O–H groups in total. The molecule has 0 aliphatic heterocycles. The van der Waals surface area contributed by atoms with Crippen LogP contribution in [0.3, 0.4) is 0 Å². The van der Waals surface area contributed by atoms with Crippen molar-refractivity contribution in [3.05, 3.63) is 59.7 Å². The number of hydrogen-bond donors (Lipinski definition) is 0. The Bertz CT molecular complexity index is 534. The molecule has 0 saturated heterocycles. The molecule has 0 saturated carbocycles. The van der Waals surface area contributed by atoms with Crippen LogP contribution in [0.1, 0.15) is 30.4 Å². The van der Waals surface area contributed by atoms with Gasteiger partial charge in [-0.15, -0.1) is 23.4 Å². The lowest BCUT2D eigenvalue weighted by molar-refractivity contribution is 0.242. The Hall–Kier alpha value is -1.12. The zero-order valence-electron chi connectivity index (χ0n) is 12.0. The molecular formula is C17H19ClOS. The molecule has 2 aromatic rings. The number of rotatable bonds is 5. The van der Waals surface area contributed by atoms with E-state index in [1.165, 1.54) is 4.90 Å². The Morgan fingerprint density at radius 3 is 1.85 bits per heavy atom. The van der Waals surface area contributed by atoms with E-state index in [0.29, 0.717) is 0 Å². The molecule has 0 amide bonds. The predicted molar refractivity (Wildman–Crippen MR) is 88.1 cm³/mol. The van der Waals surface area contributed by atoms with Gasteiger partial charge >= 0.3 is 0 Å². The summed E-state index contributed by atoms with van der Waals surface area (Å²) < 4.78 is 5.64. The quantitative estimate of drug-likeness (QED) is 0.531. The summed E-state index contributed by atoms with van der Waals surface area (Å²) in [6, 6.07) is 16.4. The van der Waals surface area contributed by atoms with Gasteiger partial charge in [-0.2, -0.15) is 0 Å². The molecule has 0 bridgehead atoms. The van der Waals surface area contributed by atoms with Crippen LogP contribution in [0.15, 0.2) is 53.4 Å². The lowest BCUT2D eigenvalue weighted by Gasteiger charge is -2.13. The van der Waals surface area contributed by atoms with E-state index in [0.717, 1.165) is 16.9 Å². The lowest BCUT2D eigenvalue weighted by Crippen LogP contribution is -2.05. The lowest BCUT2D eigenvalue weighted by atomic mass is 10.0. The van der Waals surface area contributed by atoms with Crippen LogP contribution in [0.5, 0.6) is 5.75 Å². The highest BCUT2D eigenvalue weighted by Crippen LogP contribution is 2.31. The van der Waals surface area contributed by atoms with Crippen LogP contribution in [0.2, 0.25) is 0 Å². The van der Waals surface area contributed by atoms with E-state index in [4.69, 9.17) is 16.3 Å². The summed E-state index contributed by atoms with van der Waals surface area (Å²) >= 11 is 8.27. The van der Waals surface area contributed by atoms with E-state index in [1.54, 1.807) is 11.8 Å². The average molecular weight is 307 g/mol. The van der Waals surface area contributed by atoms with Gasteiger partial charge in [-0.1, -0.05) is 24.3 Å². The summed E-state index contributed by atoms with van der Waals surface area (Å²) in [4.78, 5) is 1.25. The van der Waals surface area contributed by atoms with Crippen LogP contribution >= 0.6 is 23.4 Å². The second kappa shape index (κ2) is 7.05. The van der Waals surface area contributed by atoms with Crippen molar-refractivity contribution in [3.63, 3.8) is 0 Å². The molecule has 1 unspecified atom stereocenters. The smallest absolute Gasteiger partial charge is 0.119 e. The highest BCUT2D eigenvalue weighted by Gasteiger charge is 2.11. The number of hydrogen-bond acceptors (Lipinski definition) is 2. The van der Waals surface area contributed by atoms with Crippen molar-refractivity contribution in [2.45, 2.75) is 30.2 Å². The number of alkyl halides is 1. The van der Waals surface area contributed by atoms with E-state index >= 15 is 0 Å². The Kier molecular flexibility index (Phi) is 5.38. The van der Waals surface area contributed by atoms with Crippen molar-refractivity contribution in [2.24, 2.45) is 0 Å². The predicted octanol–water partition coefficient (Wildman–Crippen LogP) is 5.52. The van der Waals surface area contributed by atoms with E-state index in [1.807, 2.05) is 38.1 Å². The van der Waals surface area contributed by atoms with Crippen LogP contribution in [-0.2, 0) is 0 Å². The minimum Gasteiger partial charge on any atom is -0.491 e. The highest BCUT2D eigenvalue weighted by atomic mass is 35.5. The standard InChI is InChI=1S/C17H19ClOS/c1-12(2)19-15-8-4-13(5-9-15)17(18)14-6-10-16(20-3)11-7-14/h4-12,17H,1-3H3. The summed E-state index contributed by atoms with van der Waals surface area (Å²) in [7, 11) is 0. The Morgan fingerprint density at radius 1 is 0.900 bits per heavy atom. The Morgan fingerprint density at radius 2 is 1.40 bits per heavy atom. The second-order valence-corrected chi connectivity index (χ2v) is 6.19. The van der Waals surface area contributed by atoms with E-state index < -0.39 is 0 Å². The van der Waals surface area contributed by atoms with Gasteiger partial charge in [-0.05, 0) is 55.5 Å². The van der Waals surface area contributed by atoms with Crippen molar-refractivity contribution >= 4 is 23.4 Å². The average Bonchev–Trinajstić information content (AvgIpc) is 2.47. The summed E-state index contributed by atoms with van der Waals surface area (Å²) in [6.45, 7) is 4.04. The van der Waals surface area contributed by atoms with Crippen molar-refractivity contribution in [1.82, 2.24) is 0 Å². The third-order valence-corrected chi connectivity index (χ3v) is 4.20. The molecule has 2 aromatic carbocycles. The van der Waals surface area contributed by atoms with Crippen molar-refractivity contribution in [3.8, 4) is 5.75 Å². The summed E-state index contributed by atoms with van der Waals surface area (Å²) in [5.74, 6) is 0.880. The van der Waals surface area contributed by atoms with Crippen LogP contribution < -0.4 is 4.74 Å². The third-order valence-electron chi connectivity index (χ3n) is 2.95. The fourth-order valence-electron chi connectivity index (χ4n) is 1.95. The monoisotopic (exact) mass is 306 g/mol. The molecule has 0 aliphatic carbocycles. The zero-order chi connectivity index (χ0) is 14.5. The van der Waals surface area contributed by atoms with Crippen molar-refractivity contribution < 1.29 is 4.74 Å². The summed E-state index contributed by atoms with van der Waals surface area (Å²) in [5.41, 5.74) is 2.20. The highest BCUT2D eigenvalue weighted by molar-refractivity contribution is 7.98. The SMILES string of the molecule is CSc1ccc(C(Cl)c2ccc(OC(C)C)cc2)cc1. The fourth-order valence-corrected chi connectivity index (χ4v) is 2.65. The van der Waals surface area contributed by atoms with Crippen LogP contribution in [0.4, 0.5) is 0 Å². The molecule has 0 aromatic heterocycles. The van der Waals surface area contributed by atoms with Crippen molar-refractivity contribution in [2.75, 3.05) is 6.26 Å². The van der Waals surface area contributed by atoms with E-state index in [-0.39, 0.29) is 11.5 Å². The zero-order valence-corrected chi connectivity index (χ0v) is 13.5. The first-order valence-electron chi connectivity index (χ1n) is 6.65. The molecule has 2 rings (SSSR count). The molecule has 3 heteroatoms. The molecule has 1 nitrogen and oxygen atoms in total. The fraction of sp³-hybridized carbons (Fsp3) is 0.294. The van der Waals surface area contributed by atoms with Gasteiger partial charge in [-0.25, -0.2) is 0 Å². The van der Waals surface area contributed by atoms with E-state index in [2.05, 4.69) is 30.5 Å². The molecular weight excluding hydrogens is 288 g/mol. The molecule has 0 aliphatic rings. The van der Waals surface area contributed by atoms with Gasteiger partial charge < -0.3 is 4.74 Å². The maximum absolute atomic E-state index is 6.54. The largest absolute Gasteiger partial charge is 0.491 e. The molecule has 106 valence electrons. The van der Waals surface area contributed by atoms with Crippen LogP contribution in [-0.4, -0.2) is 12.4 Å². The van der Waals surface area contributed by atoms with Gasteiger partial charge in [0.05, 0.1) is 11.5 Å². The molecule has 0 spiro atoms. The number of halogens is 1. The van der Waals surface area contributed by atoms with Gasteiger partial charge in [0.25, 0.3) is 0 Å². The Labute approximate surface area is 130 Å². The molecule has 0 heterocycles. The maximum Gasteiger partial charge on any atom is 0.119 e. The Balaban J connectivity index is 2.13. The normalized spacial score (nSPS) is 12.4. The first kappa shape index (κ1) is 15.3. The summed E-state index contributed by atoms with van der Waals surface area (Å²) in [5, 5.41) is -0.126. The van der Waals surface area contributed by atoms with E-state index in [9.17, 15) is 0 Å². The van der Waals surface area contributed by atoms with Gasteiger partial charge in [0.2, 0.25) is 0 Å². The van der Waals surface area contributed by atoms with Gasteiger partial charge in [0, 0.05) is 4.90 Å². The number of ether oxygens (including phenoxy) is 1. The molecule has 20 heavy (non-hydrogen) atoms. The molecule has 0 radical (unpaired) electrons. The van der Waals surface area contributed by atoms with Gasteiger partial charge in [0.15, 0.2) is 0 Å². The number of benzene rings is 2. The van der Waals surface area contributed by atoms with Crippen LogP contribution in [0.25, 0.3) is 0 Å². The summed E-state index contributed by atoms with van der Waals surface area (Å²) in [6.07, 6.45) is 2.26. The number of thioether (sulfide) groups is 1. The van der Waals surface area contributed by atoms with Gasteiger partial charge in [0.1, 0.15) is 5.75 Å². The minimum absolute atomic E-state index is 0.126. The van der Waals surface area contributed by atoms with Crippen LogP contribution in [0, 0.1) is 0 Å². The first-order chi connectivity index (χ1) is 9.60.